The molecule has 4 heteroatoms. The molecule has 0 atom stereocenters. The minimum absolute atomic E-state index is 0.00899. The van der Waals surface area contributed by atoms with Gasteiger partial charge in [-0.2, -0.15) is 0 Å². The number of rotatable bonds is 4. The molecule has 100 valence electrons. The van der Waals surface area contributed by atoms with Crippen LogP contribution in [0.1, 0.15) is 45.1 Å². The van der Waals surface area contributed by atoms with Gasteiger partial charge in [0.1, 0.15) is 0 Å². The second-order valence-corrected chi connectivity index (χ2v) is 5.24. The summed E-state index contributed by atoms with van der Waals surface area (Å²) in [6.45, 7) is 6.69. The van der Waals surface area contributed by atoms with E-state index in [1.165, 1.54) is 25.7 Å². The Labute approximate surface area is 109 Å². The Morgan fingerprint density at radius 1 is 1.17 bits per heavy atom. The molecule has 0 spiro atoms. The first kappa shape index (κ1) is 13.3. The van der Waals surface area contributed by atoms with Crippen molar-refractivity contribution in [3.05, 3.63) is 18.0 Å². The summed E-state index contributed by atoms with van der Waals surface area (Å²) < 4.78 is 0. The van der Waals surface area contributed by atoms with Gasteiger partial charge in [-0.3, -0.25) is 0 Å². The van der Waals surface area contributed by atoms with Gasteiger partial charge in [-0.05, 0) is 18.3 Å². The van der Waals surface area contributed by atoms with Crippen LogP contribution in [0.3, 0.4) is 0 Å². The maximum Gasteiger partial charge on any atom is 0.225 e. The molecule has 1 aliphatic rings. The maximum absolute atomic E-state index is 8.98. The van der Waals surface area contributed by atoms with Crippen LogP contribution >= 0.6 is 0 Å². The number of piperidine rings is 1. The molecule has 18 heavy (non-hydrogen) atoms. The molecule has 1 fully saturated rings. The van der Waals surface area contributed by atoms with E-state index in [-0.39, 0.29) is 6.61 Å². The van der Waals surface area contributed by atoms with Crippen molar-refractivity contribution in [2.75, 3.05) is 18.0 Å². The van der Waals surface area contributed by atoms with Crippen LogP contribution in [0.15, 0.2) is 12.4 Å². The molecule has 1 N–H and O–H groups in total. The van der Waals surface area contributed by atoms with Crippen LogP contribution in [0.25, 0.3) is 0 Å². The summed E-state index contributed by atoms with van der Waals surface area (Å²) in [5.74, 6) is 0.799. The quantitative estimate of drug-likeness (QED) is 0.890. The lowest BCUT2D eigenvalue weighted by Crippen LogP contribution is -2.40. The standard InChI is InChI=1S/C14H23N3O/c1-3-14(4-2)5-7-17(8-6-14)13-15-9-12(11-18)10-16-13/h9-10,18H,3-8,11H2,1-2H3. The van der Waals surface area contributed by atoms with E-state index in [2.05, 4.69) is 28.7 Å². The molecule has 2 rings (SSSR count). The van der Waals surface area contributed by atoms with E-state index >= 15 is 0 Å². The molecule has 1 aliphatic heterocycles. The first-order chi connectivity index (χ1) is 8.73. The first-order valence-electron chi connectivity index (χ1n) is 6.90. The Hall–Kier alpha value is -1.16. The van der Waals surface area contributed by atoms with Crippen LogP contribution in [0.5, 0.6) is 0 Å². The molecule has 2 heterocycles. The molecular weight excluding hydrogens is 226 g/mol. The van der Waals surface area contributed by atoms with Crippen molar-refractivity contribution in [1.29, 1.82) is 0 Å². The Morgan fingerprint density at radius 2 is 1.72 bits per heavy atom. The molecule has 1 saturated heterocycles. The SMILES string of the molecule is CCC1(CC)CCN(c2ncc(CO)cn2)CC1. The molecule has 0 unspecified atom stereocenters. The third-order valence-corrected chi connectivity index (χ3v) is 4.48. The van der Waals surface area contributed by atoms with Gasteiger partial charge in [0.25, 0.3) is 0 Å². The summed E-state index contributed by atoms with van der Waals surface area (Å²) >= 11 is 0. The number of hydrogen-bond donors (Lipinski definition) is 1. The highest BCUT2D eigenvalue weighted by Crippen LogP contribution is 2.38. The molecule has 0 bridgehead atoms. The molecule has 0 amide bonds. The summed E-state index contributed by atoms with van der Waals surface area (Å²) in [5.41, 5.74) is 1.30. The van der Waals surface area contributed by atoms with E-state index in [1.807, 2.05) is 0 Å². The van der Waals surface area contributed by atoms with E-state index in [9.17, 15) is 0 Å². The largest absolute Gasteiger partial charge is 0.392 e. The fourth-order valence-electron chi connectivity index (χ4n) is 2.73. The van der Waals surface area contributed by atoms with E-state index in [4.69, 9.17) is 5.11 Å². The van der Waals surface area contributed by atoms with Crippen molar-refractivity contribution >= 4 is 5.95 Å². The number of hydrogen-bond acceptors (Lipinski definition) is 4. The minimum Gasteiger partial charge on any atom is -0.392 e. The zero-order chi connectivity index (χ0) is 13.0. The highest BCUT2D eigenvalue weighted by Gasteiger charge is 2.31. The first-order valence-corrected chi connectivity index (χ1v) is 6.90. The van der Waals surface area contributed by atoms with Gasteiger partial charge in [-0.1, -0.05) is 26.7 Å². The topological polar surface area (TPSA) is 49.2 Å². The fraction of sp³-hybridized carbons (Fsp3) is 0.714. The monoisotopic (exact) mass is 249 g/mol. The predicted molar refractivity (Wildman–Crippen MR) is 72.4 cm³/mol. The predicted octanol–water partition coefficient (Wildman–Crippen LogP) is 2.38. The van der Waals surface area contributed by atoms with Crippen LogP contribution in [0, 0.1) is 5.41 Å². The molecule has 1 aromatic heterocycles. The van der Waals surface area contributed by atoms with Gasteiger partial charge in [0.15, 0.2) is 0 Å². The average Bonchev–Trinajstić information content (AvgIpc) is 2.47. The van der Waals surface area contributed by atoms with Gasteiger partial charge in [-0.15, -0.1) is 0 Å². The van der Waals surface area contributed by atoms with Crippen molar-refractivity contribution in [2.24, 2.45) is 5.41 Å². The Morgan fingerprint density at radius 3 is 2.17 bits per heavy atom. The third-order valence-electron chi connectivity index (χ3n) is 4.48. The van der Waals surface area contributed by atoms with Gasteiger partial charge >= 0.3 is 0 Å². The second-order valence-electron chi connectivity index (χ2n) is 5.24. The summed E-state index contributed by atoms with van der Waals surface area (Å²) in [6.07, 6.45) is 8.41. The van der Waals surface area contributed by atoms with Crippen LogP contribution in [0.2, 0.25) is 0 Å². The molecule has 4 nitrogen and oxygen atoms in total. The number of aromatic nitrogens is 2. The maximum atomic E-state index is 8.98. The summed E-state index contributed by atoms with van der Waals surface area (Å²) in [7, 11) is 0. The lowest BCUT2D eigenvalue weighted by atomic mass is 9.74. The van der Waals surface area contributed by atoms with Gasteiger partial charge in [-0.25, -0.2) is 9.97 Å². The van der Waals surface area contributed by atoms with Gasteiger partial charge in [0.2, 0.25) is 5.95 Å². The zero-order valence-corrected chi connectivity index (χ0v) is 11.4. The van der Waals surface area contributed by atoms with Crippen molar-refractivity contribution < 1.29 is 5.11 Å². The van der Waals surface area contributed by atoms with Crippen LogP contribution in [0.4, 0.5) is 5.95 Å². The average molecular weight is 249 g/mol. The van der Waals surface area contributed by atoms with Crippen molar-refractivity contribution in [3.63, 3.8) is 0 Å². The number of aliphatic hydroxyl groups excluding tert-OH is 1. The number of anilines is 1. The van der Waals surface area contributed by atoms with Crippen LogP contribution in [-0.2, 0) is 6.61 Å². The smallest absolute Gasteiger partial charge is 0.225 e. The van der Waals surface area contributed by atoms with Gasteiger partial charge < -0.3 is 10.0 Å². The molecule has 1 aromatic rings. The van der Waals surface area contributed by atoms with Crippen LogP contribution in [-0.4, -0.2) is 28.2 Å². The highest BCUT2D eigenvalue weighted by atomic mass is 16.3. The van der Waals surface area contributed by atoms with Crippen LogP contribution < -0.4 is 4.90 Å². The molecule has 0 radical (unpaired) electrons. The Bertz CT molecular complexity index is 363. The van der Waals surface area contributed by atoms with Crippen molar-refractivity contribution in [3.8, 4) is 0 Å². The summed E-state index contributed by atoms with van der Waals surface area (Å²) in [4.78, 5) is 10.9. The molecule has 0 aromatic carbocycles. The van der Waals surface area contributed by atoms with E-state index in [0.717, 1.165) is 24.6 Å². The lowest BCUT2D eigenvalue weighted by Gasteiger charge is -2.41. The summed E-state index contributed by atoms with van der Waals surface area (Å²) in [5, 5.41) is 8.98. The van der Waals surface area contributed by atoms with E-state index in [1.54, 1.807) is 12.4 Å². The molecular formula is C14H23N3O. The fourth-order valence-corrected chi connectivity index (χ4v) is 2.73. The third kappa shape index (κ3) is 2.64. The van der Waals surface area contributed by atoms with E-state index in [0.29, 0.717) is 5.41 Å². The van der Waals surface area contributed by atoms with Gasteiger partial charge in [0, 0.05) is 31.0 Å². The van der Waals surface area contributed by atoms with Gasteiger partial charge in [0.05, 0.1) is 6.61 Å². The Kier molecular flexibility index (Phi) is 4.17. The Balaban J connectivity index is 2.00. The highest BCUT2D eigenvalue weighted by molar-refractivity contribution is 5.30. The molecule has 0 aliphatic carbocycles. The van der Waals surface area contributed by atoms with Crippen molar-refractivity contribution in [1.82, 2.24) is 9.97 Å². The zero-order valence-electron chi connectivity index (χ0n) is 11.4. The second kappa shape index (κ2) is 5.65. The minimum atomic E-state index is 0.00899. The molecule has 0 saturated carbocycles. The normalized spacial score (nSPS) is 18.9. The number of aliphatic hydroxyl groups is 1. The summed E-state index contributed by atoms with van der Waals surface area (Å²) in [6, 6.07) is 0. The van der Waals surface area contributed by atoms with E-state index < -0.39 is 0 Å². The van der Waals surface area contributed by atoms with Crippen molar-refractivity contribution in [2.45, 2.75) is 46.1 Å². The lowest BCUT2D eigenvalue weighted by molar-refractivity contribution is 0.198. The number of nitrogens with zero attached hydrogens (tertiary/aromatic N) is 3.